The third kappa shape index (κ3) is 3.20. The van der Waals surface area contributed by atoms with E-state index in [-0.39, 0.29) is 29.2 Å². The van der Waals surface area contributed by atoms with Crippen molar-refractivity contribution in [3.8, 4) is 6.07 Å². The largest absolute Gasteiger partial charge is 0.469 e. The molecule has 1 aromatic heterocycles. The second kappa shape index (κ2) is 7.28. The summed E-state index contributed by atoms with van der Waals surface area (Å²) < 4.78 is 14.8. The van der Waals surface area contributed by atoms with Gasteiger partial charge < -0.3 is 19.9 Å². The van der Waals surface area contributed by atoms with Crippen molar-refractivity contribution in [2.24, 2.45) is 5.73 Å². The van der Waals surface area contributed by atoms with Crippen LogP contribution >= 0.6 is 0 Å². The summed E-state index contributed by atoms with van der Waals surface area (Å²) in [7, 11) is 2.41. The molecule has 0 aliphatic carbocycles. The van der Waals surface area contributed by atoms with E-state index in [9.17, 15) is 14.9 Å². The quantitative estimate of drug-likeness (QED) is 0.807. The minimum absolute atomic E-state index is 0.00740. The lowest BCUT2D eigenvalue weighted by Crippen LogP contribution is -2.26. The highest BCUT2D eigenvalue weighted by Crippen LogP contribution is 2.40. The molecule has 1 aliphatic rings. The Morgan fingerprint density at radius 3 is 2.54 bits per heavy atom. The van der Waals surface area contributed by atoms with Crippen molar-refractivity contribution in [2.45, 2.75) is 12.3 Å². The highest BCUT2D eigenvalue weighted by molar-refractivity contribution is 5.93. The summed E-state index contributed by atoms with van der Waals surface area (Å²) in [6, 6.07) is 5.23. The summed E-state index contributed by atoms with van der Waals surface area (Å²) in [5, 5.41) is 9.43. The van der Waals surface area contributed by atoms with E-state index < -0.39 is 17.9 Å². The third-order valence-electron chi connectivity index (χ3n) is 3.47. The molecule has 0 fully saturated rings. The van der Waals surface area contributed by atoms with E-state index in [0.717, 1.165) is 0 Å². The molecule has 0 amide bonds. The van der Waals surface area contributed by atoms with Crippen molar-refractivity contribution in [1.29, 1.82) is 5.26 Å². The smallest absolute Gasteiger partial charge is 0.338 e. The molecule has 24 heavy (non-hydrogen) atoms. The normalized spacial score (nSPS) is 17.0. The van der Waals surface area contributed by atoms with Crippen LogP contribution in [0.1, 0.15) is 17.9 Å². The van der Waals surface area contributed by atoms with Gasteiger partial charge in [-0.25, -0.2) is 4.79 Å². The van der Waals surface area contributed by atoms with Crippen molar-refractivity contribution in [3.05, 3.63) is 52.9 Å². The number of nitriles is 1. The lowest BCUT2D eigenvalue weighted by atomic mass is 9.83. The van der Waals surface area contributed by atoms with Gasteiger partial charge in [-0.1, -0.05) is 0 Å². The maximum Gasteiger partial charge on any atom is 0.338 e. The minimum atomic E-state index is -0.821. The zero-order chi connectivity index (χ0) is 17.7. The molecule has 1 aliphatic heterocycles. The van der Waals surface area contributed by atoms with E-state index in [0.29, 0.717) is 5.56 Å². The van der Waals surface area contributed by atoms with Crippen LogP contribution in [0.5, 0.6) is 0 Å². The van der Waals surface area contributed by atoms with Crippen LogP contribution < -0.4 is 5.73 Å². The Bertz CT molecular complexity index is 762. The Kier molecular flexibility index (Phi) is 5.16. The summed E-state index contributed by atoms with van der Waals surface area (Å²) in [5.74, 6) is -2.35. The summed E-state index contributed by atoms with van der Waals surface area (Å²) in [4.78, 5) is 27.8. The van der Waals surface area contributed by atoms with Gasteiger partial charge in [-0.15, -0.1) is 0 Å². The maximum absolute atomic E-state index is 12.3. The van der Waals surface area contributed by atoms with Crippen LogP contribution in [0, 0.1) is 11.3 Å². The molecule has 0 radical (unpaired) electrons. The topological polar surface area (TPSA) is 125 Å². The molecule has 0 saturated carbocycles. The van der Waals surface area contributed by atoms with E-state index in [4.69, 9.17) is 15.2 Å². The number of aromatic nitrogens is 1. The van der Waals surface area contributed by atoms with Gasteiger partial charge in [0, 0.05) is 12.4 Å². The van der Waals surface area contributed by atoms with Crippen LogP contribution in [0.4, 0.5) is 0 Å². The molecule has 2 rings (SSSR count). The fourth-order valence-electron chi connectivity index (χ4n) is 2.38. The number of rotatable bonds is 4. The van der Waals surface area contributed by atoms with Gasteiger partial charge in [0.05, 0.1) is 25.7 Å². The Hall–Kier alpha value is -3.34. The van der Waals surface area contributed by atoms with Crippen LogP contribution in [0.25, 0.3) is 0 Å². The molecular weight excluding hydrogens is 314 g/mol. The first-order valence-electron chi connectivity index (χ1n) is 6.89. The van der Waals surface area contributed by atoms with Gasteiger partial charge in [0.2, 0.25) is 5.88 Å². The van der Waals surface area contributed by atoms with Crippen LogP contribution in [-0.2, 0) is 23.8 Å². The van der Waals surface area contributed by atoms with Crippen molar-refractivity contribution in [3.63, 3.8) is 0 Å². The zero-order valence-electron chi connectivity index (χ0n) is 13.1. The number of ether oxygens (including phenoxy) is 3. The molecule has 0 unspecified atom stereocenters. The maximum atomic E-state index is 12.3. The molecule has 1 atom stereocenters. The van der Waals surface area contributed by atoms with Crippen LogP contribution in [-0.4, -0.2) is 31.1 Å². The van der Waals surface area contributed by atoms with Gasteiger partial charge >= 0.3 is 11.9 Å². The first-order chi connectivity index (χ1) is 11.5. The summed E-state index contributed by atoms with van der Waals surface area (Å²) in [5.41, 5.74) is 6.48. The van der Waals surface area contributed by atoms with E-state index in [1.165, 1.54) is 26.6 Å². The van der Waals surface area contributed by atoms with Crippen molar-refractivity contribution >= 4 is 11.9 Å². The van der Waals surface area contributed by atoms with Crippen LogP contribution in [0.15, 0.2) is 47.3 Å². The Morgan fingerprint density at radius 2 is 2.00 bits per heavy atom. The number of nitrogens with two attached hydrogens (primary N) is 1. The predicted octanol–water partition coefficient (Wildman–Crippen LogP) is 0.879. The molecule has 0 saturated heterocycles. The molecule has 0 spiro atoms. The standard InChI is InChI=1S/C16H15N3O5/c1-22-12(20)7-11-14(16(21)23-2)13(9-3-5-19-6-4-9)10(8-17)15(18)24-11/h3-6,13H,7,18H2,1-2H3/t13-/m1/s1. The monoisotopic (exact) mass is 329 g/mol. The van der Waals surface area contributed by atoms with Crippen molar-refractivity contribution in [1.82, 2.24) is 4.98 Å². The zero-order valence-corrected chi connectivity index (χ0v) is 13.1. The fourth-order valence-corrected chi connectivity index (χ4v) is 2.38. The number of hydrogen-bond acceptors (Lipinski definition) is 8. The number of carbonyl (C=O) groups is 2. The molecule has 2 N–H and O–H groups in total. The average molecular weight is 329 g/mol. The number of pyridine rings is 1. The Morgan fingerprint density at radius 1 is 1.33 bits per heavy atom. The molecular formula is C16H15N3O5. The Labute approximate surface area is 138 Å². The van der Waals surface area contributed by atoms with E-state index >= 15 is 0 Å². The molecule has 0 bridgehead atoms. The fraction of sp³-hybridized carbons (Fsp3) is 0.250. The highest BCUT2D eigenvalue weighted by Gasteiger charge is 2.38. The number of carbonyl (C=O) groups excluding carboxylic acids is 2. The molecule has 8 nitrogen and oxygen atoms in total. The van der Waals surface area contributed by atoms with Gasteiger partial charge in [0.25, 0.3) is 0 Å². The molecule has 2 heterocycles. The van der Waals surface area contributed by atoms with Gasteiger partial charge in [-0.2, -0.15) is 5.26 Å². The number of hydrogen-bond donors (Lipinski definition) is 1. The van der Waals surface area contributed by atoms with Gasteiger partial charge in [0.1, 0.15) is 23.8 Å². The van der Waals surface area contributed by atoms with E-state index in [1.54, 1.807) is 12.1 Å². The summed E-state index contributed by atoms with van der Waals surface area (Å²) in [6.45, 7) is 0. The predicted molar refractivity (Wildman–Crippen MR) is 80.6 cm³/mol. The number of allylic oxidation sites excluding steroid dienone is 1. The lowest BCUT2D eigenvalue weighted by molar-refractivity contribution is -0.140. The second-order valence-corrected chi connectivity index (χ2v) is 4.79. The molecule has 124 valence electrons. The molecule has 1 aromatic rings. The van der Waals surface area contributed by atoms with Gasteiger partial charge in [-0.3, -0.25) is 9.78 Å². The Balaban J connectivity index is 2.65. The van der Waals surface area contributed by atoms with Crippen molar-refractivity contribution < 1.29 is 23.8 Å². The van der Waals surface area contributed by atoms with E-state index in [1.807, 2.05) is 6.07 Å². The van der Waals surface area contributed by atoms with Crippen LogP contribution in [0.3, 0.4) is 0 Å². The van der Waals surface area contributed by atoms with Crippen molar-refractivity contribution in [2.75, 3.05) is 14.2 Å². The van der Waals surface area contributed by atoms with Gasteiger partial charge in [0.15, 0.2) is 0 Å². The third-order valence-corrected chi connectivity index (χ3v) is 3.47. The lowest BCUT2D eigenvalue weighted by Gasteiger charge is -2.27. The number of methoxy groups -OCH3 is 2. The number of esters is 2. The first-order valence-corrected chi connectivity index (χ1v) is 6.89. The second-order valence-electron chi connectivity index (χ2n) is 4.79. The summed E-state index contributed by atoms with van der Waals surface area (Å²) >= 11 is 0. The van der Waals surface area contributed by atoms with Crippen LogP contribution in [0.2, 0.25) is 0 Å². The average Bonchev–Trinajstić information content (AvgIpc) is 2.61. The van der Waals surface area contributed by atoms with Gasteiger partial charge in [-0.05, 0) is 17.7 Å². The molecule has 8 heteroatoms. The summed E-state index contributed by atoms with van der Waals surface area (Å²) in [6.07, 6.45) is 2.72. The molecule has 0 aromatic carbocycles. The van der Waals surface area contributed by atoms with E-state index in [2.05, 4.69) is 9.72 Å². The minimum Gasteiger partial charge on any atom is -0.469 e. The first kappa shape index (κ1) is 17.0. The highest BCUT2D eigenvalue weighted by atomic mass is 16.5. The SMILES string of the molecule is COC(=O)CC1=C(C(=O)OC)[C@H](c2ccncc2)C(C#N)=C(N)O1. The number of nitrogens with zero attached hydrogens (tertiary/aromatic N) is 2.